The summed E-state index contributed by atoms with van der Waals surface area (Å²) in [7, 11) is 0. The second-order valence-electron chi connectivity index (χ2n) is 4.76. The number of halogens is 1. The average Bonchev–Trinajstić information content (AvgIpc) is 3.17. The molecule has 0 amide bonds. The maximum Gasteiger partial charge on any atom is 0.124 e. The van der Waals surface area contributed by atoms with Crippen molar-refractivity contribution < 1.29 is 4.74 Å². The molecule has 1 aliphatic rings. The Morgan fingerprint density at radius 2 is 2.05 bits per heavy atom. The SMILES string of the molecule is Clc1ccc(COc2ccccc2CNC2CC2)s1. The normalized spacial score (nSPS) is 14.6. The lowest BCUT2D eigenvalue weighted by atomic mass is 10.2. The van der Waals surface area contributed by atoms with Gasteiger partial charge >= 0.3 is 0 Å². The molecule has 4 heteroatoms. The average molecular weight is 294 g/mol. The Bertz CT molecular complexity index is 551. The van der Waals surface area contributed by atoms with E-state index in [1.807, 2.05) is 24.3 Å². The molecule has 100 valence electrons. The predicted octanol–water partition coefficient (Wildman–Crippen LogP) is 4.23. The predicted molar refractivity (Wildman–Crippen MR) is 80.0 cm³/mol. The number of ether oxygens (including phenoxy) is 1. The molecule has 0 radical (unpaired) electrons. The third-order valence-corrected chi connectivity index (χ3v) is 4.33. The highest BCUT2D eigenvalue weighted by Gasteiger charge is 2.20. The lowest BCUT2D eigenvalue weighted by Gasteiger charge is -2.11. The zero-order valence-corrected chi connectivity index (χ0v) is 12.1. The summed E-state index contributed by atoms with van der Waals surface area (Å²) in [6.45, 7) is 1.46. The highest BCUT2D eigenvalue weighted by molar-refractivity contribution is 7.16. The van der Waals surface area contributed by atoms with Crippen molar-refractivity contribution in [1.82, 2.24) is 5.32 Å². The van der Waals surface area contributed by atoms with E-state index < -0.39 is 0 Å². The van der Waals surface area contributed by atoms with Gasteiger partial charge < -0.3 is 10.1 Å². The molecule has 0 bridgehead atoms. The molecule has 1 aliphatic carbocycles. The summed E-state index contributed by atoms with van der Waals surface area (Å²) in [6.07, 6.45) is 2.60. The summed E-state index contributed by atoms with van der Waals surface area (Å²) < 4.78 is 6.71. The molecule has 2 nitrogen and oxygen atoms in total. The molecular weight excluding hydrogens is 278 g/mol. The molecule has 1 saturated carbocycles. The van der Waals surface area contributed by atoms with E-state index >= 15 is 0 Å². The molecule has 1 fully saturated rings. The first-order valence-corrected chi connectivity index (χ1v) is 7.69. The van der Waals surface area contributed by atoms with E-state index in [0.29, 0.717) is 12.6 Å². The Morgan fingerprint density at radius 1 is 1.21 bits per heavy atom. The van der Waals surface area contributed by atoms with Gasteiger partial charge in [-0.1, -0.05) is 29.8 Å². The molecule has 1 heterocycles. The minimum atomic E-state index is 0.581. The quantitative estimate of drug-likeness (QED) is 0.860. The largest absolute Gasteiger partial charge is 0.488 e. The lowest BCUT2D eigenvalue weighted by molar-refractivity contribution is 0.305. The van der Waals surface area contributed by atoms with Crippen LogP contribution in [0.25, 0.3) is 0 Å². The van der Waals surface area contributed by atoms with Crippen LogP contribution < -0.4 is 10.1 Å². The van der Waals surface area contributed by atoms with Crippen LogP contribution in [0, 0.1) is 0 Å². The minimum absolute atomic E-state index is 0.581. The number of hydrogen-bond donors (Lipinski definition) is 1. The first kappa shape index (κ1) is 13.0. The summed E-state index contributed by atoms with van der Waals surface area (Å²) >= 11 is 7.48. The molecule has 0 spiro atoms. The molecule has 2 aromatic rings. The van der Waals surface area contributed by atoms with Crippen LogP contribution in [0.4, 0.5) is 0 Å². The minimum Gasteiger partial charge on any atom is -0.488 e. The Balaban J connectivity index is 1.62. The zero-order chi connectivity index (χ0) is 13.1. The zero-order valence-electron chi connectivity index (χ0n) is 10.6. The first-order chi connectivity index (χ1) is 9.31. The standard InChI is InChI=1S/C15H16ClNOS/c16-15-8-7-13(19-15)10-18-14-4-2-1-3-11(14)9-17-12-5-6-12/h1-4,7-8,12,17H,5-6,9-10H2. The number of para-hydroxylation sites is 1. The van der Waals surface area contributed by atoms with Gasteiger partial charge in [-0.2, -0.15) is 0 Å². The van der Waals surface area contributed by atoms with E-state index in [0.717, 1.165) is 21.5 Å². The third kappa shape index (κ3) is 3.72. The Kier molecular flexibility index (Phi) is 4.06. The van der Waals surface area contributed by atoms with Crippen LogP contribution in [0.5, 0.6) is 5.75 Å². The van der Waals surface area contributed by atoms with Crippen LogP contribution in [-0.2, 0) is 13.2 Å². The van der Waals surface area contributed by atoms with Gasteiger partial charge in [0.2, 0.25) is 0 Å². The van der Waals surface area contributed by atoms with E-state index in [4.69, 9.17) is 16.3 Å². The summed E-state index contributed by atoms with van der Waals surface area (Å²) in [5.41, 5.74) is 1.22. The molecular formula is C15H16ClNOS. The number of hydrogen-bond acceptors (Lipinski definition) is 3. The van der Waals surface area contributed by atoms with E-state index in [1.54, 1.807) is 11.3 Å². The molecule has 1 aromatic carbocycles. The first-order valence-electron chi connectivity index (χ1n) is 6.49. The fourth-order valence-electron chi connectivity index (χ4n) is 1.91. The molecule has 1 aromatic heterocycles. The van der Waals surface area contributed by atoms with E-state index in [1.165, 1.54) is 18.4 Å². The van der Waals surface area contributed by atoms with Gasteiger partial charge in [0.25, 0.3) is 0 Å². The van der Waals surface area contributed by atoms with E-state index in [2.05, 4.69) is 17.4 Å². The van der Waals surface area contributed by atoms with Crippen LogP contribution in [0.2, 0.25) is 4.34 Å². The summed E-state index contributed by atoms with van der Waals surface area (Å²) in [5.74, 6) is 0.958. The monoisotopic (exact) mass is 293 g/mol. The van der Waals surface area contributed by atoms with Crippen molar-refractivity contribution in [3.05, 3.63) is 51.2 Å². The maximum absolute atomic E-state index is 5.92. The molecule has 0 saturated heterocycles. The van der Waals surface area contributed by atoms with Gasteiger partial charge in [-0.05, 0) is 31.0 Å². The van der Waals surface area contributed by atoms with Crippen LogP contribution in [0.1, 0.15) is 23.3 Å². The number of benzene rings is 1. The third-order valence-electron chi connectivity index (χ3n) is 3.13. The molecule has 3 rings (SSSR count). The highest BCUT2D eigenvalue weighted by atomic mass is 35.5. The molecule has 0 unspecified atom stereocenters. The van der Waals surface area contributed by atoms with Crippen molar-refractivity contribution in [2.24, 2.45) is 0 Å². The van der Waals surface area contributed by atoms with Crippen molar-refractivity contribution in [2.45, 2.75) is 32.0 Å². The number of nitrogens with one attached hydrogen (secondary N) is 1. The van der Waals surface area contributed by atoms with Gasteiger partial charge in [0, 0.05) is 23.0 Å². The molecule has 19 heavy (non-hydrogen) atoms. The Morgan fingerprint density at radius 3 is 2.79 bits per heavy atom. The second kappa shape index (κ2) is 5.95. The maximum atomic E-state index is 5.92. The lowest BCUT2D eigenvalue weighted by Crippen LogP contribution is -2.15. The number of thiophene rings is 1. The van der Waals surface area contributed by atoms with E-state index in [-0.39, 0.29) is 0 Å². The molecule has 1 N–H and O–H groups in total. The van der Waals surface area contributed by atoms with Crippen LogP contribution in [0.15, 0.2) is 36.4 Å². The van der Waals surface area contributed by atoms with Crippen LogP contribution >= 0.6 is 22.9 Å². The topological polar surface area (TPSA) is 21.3 Å². The smallest absolute Gasteiger partial charge is 0.124 e. The Labute approximate surface area is 122 Å². The van der Waals surface area contributed by atoms with Gasteiger partial charge in [-0.15, -0.1) is 11.3 Å². The van der Waals surface area contributed by atoms with Gasteiger partial charge in [-0.3, -0.25) is 0 Å². The number of rotatable bonds is 6. The fourth-order valence-corrected chi connectivity index (χ4v) is 2.91. The van der Waals surface area contributed by atoms with Crippen molar-refractivity contribution in [2.75, 3.05) is 0 Å². The van der Waals surface area contributed by atoms with Crippen molar-refractivity contribution in [3.8, 4) is 5.75 Å². The molecule has 0 aliphatic heterocycles. The highest BCUT2D eigenvalue weighted by Crippen LogP contribution is 2.25. The Hall–Kier alpha value is -1.03. The summed E-state index contributed by atoms with van der Waals surface area (Å²) in [6, 6.07) is 12.8. The van der Waals surface area contributed by atoms with Gasteiger partial charge in [-0.25, -0.2) is 0 Å². The van der Waals surface area contributed by atoms with Crippen molar-refractivity contribution in [1.29, 1.82) is 0 Å². The summed E-state index contributed by atoms with van der Waals surface area (Å²) in [5, 5.41) is 3.52. The fraction of sp³-hybridized carbons (Fsp3) is 0.333. The van der Waals surface area contributed by atoms with Gasteiger partial charge in [0.05, 0.1) is 4.34 Å². The summed E-state index contributed by atoms with van der Waals surface area (Å²) in [4.78, 5) is 1.15. The van der Waals surface area contributed by atoms with Crippen LogP contribution in [0.3, 0.4) is 0 Å². The molecule has 0 atom stereocenters. The van der Waals surface area contributed by atoms with Gasteiger partial charge in [0.15, 0.2) is 0 Å². The van der Waals surface area contributed by atoms with Crippen molar-refractivity contribution in [3.63, 3.8) is 0 Å². The van der Waals surface area contributed by atoms with Crippen molar-refractivity contribution >= 4 is 22.9 Å². The van der Waals surface area contributed by atoms with E-state index in [9.17, 15) is 0 Å². The second-order valence-corrected chi connectivity index (χ2v) is 6.56. The van der Waals surface area contributed by atoms with Gasteiger partial charge in [0.1, 0.15) is 12.4 Å². The van der Waals surface area contributed by atoms with Crippen LogP contribution in [-0.4, -0.2) is 6.04 Å².